The summed E-state index contributed by atoms with van der Waals surface area (Å²) in [5.41, 5.74) is 8.44. The first-order valence-electron chi connectivity index (χ1n) is 6.78. The zero-order chi connectivity index (χ0) is 13.3. The van der Waals surface area contributed by atoms with E-state index in [4.69, 9.17) is 5.73 Å². The molecule has 1 heterocycles. The Morgan fingerprint density at radius 2 is 2.06 bits per heavy atom. The van der Waals surface area contributed by atoms with Gasteiger partial charge in [0.2, 0.25) is 0 Å². The molecule has 0 amide bonds. The van der Waals surface area contributed by atoms with Crippen LogP contribution in [0.5, 0.6) is 0 Å². The molecule has 3 atom stereocenters. The molecular weight excluding hydrogens is 288 g/mol. The SMILES string of the molecule is CC1CC(C)C(C)N(c2ccc(Br)cc2CN)C1. The van der Waals surface area contributed by atoms with Crippen molar-refractivity contribution in [1.82, 2.24) is 0 Å². The Labute approximate surface area is 119 Å². The molecule has 0 aliphatic carbocycles. The van der Waals surface area contributed by atoms with Gasteiger partial charge < -0.3 is 10.6 Å². The zero-order valence-electron chi connectivity index (χ0n) is 11.5. The number of hydrogen-bond acceptors (Lipinski definition) is 2. The van der Waals surface area contributed by atoms with Crippen molar-refractivity contribution >= 4 is 21.6 Å². The van der Waals surface area contributed by atoms with E-state index in [1.54, 1.807) is 0 Å². The smallest absolute Gasteiger partial charge is 0.0415 e. The second-order valence-electron chi connectivity index (χ2n) is 5.69. The van der Waals surface area contributed by atoms with Crippen LogP contribution in [0, 0.1) is 11.8 Å². The fourth-order valence-electron chi connectivity index (χ4n) is 3.03. The third-order valence-electron chi connectivity index (χ3n) is 4.17. The standard InChI is InChI=1S/C15H23BrN2/c1-10-6-11(2)12(3)18(9-10)15-5-4-14(16)7-13(15)8-17/h4-5,7,10-12H,6,8-9,17H2,1-3H3. The minimum atomic E-state index is 0.590. The predicted octanol–water partition coefficient (Wildman–Crippen LogP) is 3.78. The average Bonchev–Trinajstić information content (AvgIpc) is 2.34. The highest BCUT2D eigenvalue weighted by Gasteiger charge is 2.29. The molecule has 1 saturated heterocycles. The van der Waals surface area contributed by atoms with Crippen molar-refractivity contribution in [3.63, 3.8) is 0 Å². The molecule has 1 aliphatic rings. The fraction of sp³-hybridized carbons (Fsp3) is 0.600. The molecule has 1 aromatic carbocycles. The number of nitrogens with zero attached hydrogens (tertiary/aromatic N) is 1. The van der Waals surface area contributed by atoms with E-state index >= 15 is 0 Å². The van der Waals surface area contributed by atoms with E-state index in [0.717, 1.165) is 22.9 Å². The van der Waals surface area contributed by atoms with Crippen molar-refractivity contribution in [2.45, 2.75) is 39.8 Å². The van der Waals surface area contributed by atoms with E-state index in [1.807, 2.05) is 0 Å². The monoisotopic (exact) mass is 310 g/mol. The third-order valence-corrected chi connectivity index (χ3v) is 4.66. The minimum Gasteiger partial charge on any atom is -0.368 e. The van der Waals surface area contributed by atoms with E-state index in [1.165, 1.54) is 17.7 Å². The summed E-state index contributed by atoms with van der Waals surface area (Å²) in [6.07, 6.45) is 1.33. The molecule has 3 heteroatoms. The lowest BCUT2D eigenvalue weighted by Gasteiger charge is -2.43. The van der Waals surface area contributed by atoms with Gasteiger partial charge in [0.15, 0.2) is 0 Å². The van der Waals surface area contributed by atoms with Crippen molar-refractivity contribution in [1.29, 1.82) is 0 Å². The average molecular weight is 311 g/mol. The molecule has 2 N–H and O–H groups in total. The molecule has 18 heavy (non-hydrogen) atoms. The molecule has 1 aliphatic heterocycles. The molecule has 0 saturated carbocycles. The maximum atomic E-state index is 5.89. The van der Waals surface area contributed by atoms with Crippen molar-refractivity contribution in [2.24, 2.45) is 17.6 Å². The number of rotatable bonds is 2. The highest BCUT2D eigenvalue weighted by Crippen LogP contribution is 2.34. The first kappa shape index (κ1) is 13.9. The molecule has 0 radical (unpaired) electrons. The molecule has 1 aromatic rings. The van der Waals surface area contributed by atoms with Crippen LogP contribution in [0.3, 0.4) is 0 Å². The Balaban J connectivity index is 2.34. The quantitative estimate of drug-likeness (QED) is 0.900. The number of nitrogens with two attached hydrogens (primary N) is 1. The summed E-state index contributed by atoms with van der Waals surface area (Å²) < 4.78 is 1.11. The highest BCUT2D eigenvalue weighted by molar-refractivity contribution is 9.10. The lowest BCUT2D eigenvalue weighted by atomic mass is 9.85. The summed E-state index contributed by atoms with van der Waals surface area (Å²) in [6.45, 7) is 8.77. The summed E-state index contributed by atoms with van der Waals surface area (Å²) in [7, 11) is 0. The molecule has 3 unspecified atom stereocenters. The van der Waals surface area contributed by atoms with Crippen molar-refractivity contribution in [3.8, 4) is 0 Å². The van der Waals surface area contributed by atoms with Crippen LogP contribution in [0.1, 0.15) is 32.8 Å². The zero-order valence-corrected chi connectivity index (χ0v) is 13.1. The highest BCUT2D eigenvalue weighted by atomic mass is 79.9. The number of piperidine rings is 1. The summed E-state index contributed by atoms with van der Waals surface area (Å²) in [5, 5.41) is 0. The van der Waals surface area contributed by atoms with Gasteiger partial charge in [-0.05, 0) is 48.9 Å². The van der Waals surface area contributed by atoms with E-state index in [0.29, 0.717) is 12.6 Å². The third kappa shape index (κ3) is 2.72. The van der Waals surface area contributed by atoms with Gasteiger partial charge >= 0.3 is 0 Å². The van der Waals surface area contributed by atoms with E-state index in [2.05, 4.69) is 59.8 Å². The molecule has 1 fully saturated rings. The van der Waals surface area contributed by atoms with Gasteiger partial charge in [-0.15, -0.1) is 0 Å². The second kappa shape index (κ2) is 5.62. The molecule has 0 bridgehead atoms. The van der Waals surface area contributed by atoms with Crippen LogP contribution in [0.2, 0.25) is 0 Å². The van der Waals surface area contributed by atoms with Crippen LogP contribution in [0.4, 0.5) is 5.69 Å². The minimum absolute atomic E-state index is 0.590. The first-order chi connectivity index (χ1) is 8.52. The van der Waals surface area contributed by atoms with E-state index in [-0.39, 0.29) is 0 Å². The van der Waals surface area contributed by atoms with Gasteiger partial charge in [0.05, 0.1) is 0 Å². The molecule has 2 rings (SSSR count). The Hall–Kier alpha value is -0.540. The maximum absolute atomic E-state index is 5.89. The molecule has 2 nitrogen and oxygen atoms in total. The van der Waals surface area contributed by atoms with Crippen LogP contribution in [0.25, 0.3) is 0 Å². The predicted molar refractivity (Wildman–Crippen MR) is 81.8 cm³/mol. The van der Waals surface area contributed by atoms with Crippen LogP contribution in [-0.4, -0.2) is 12.6 Å². The Morgan fingerprint density at radius 1 is 1.33 bits per heavy atom. The van der Waals surface area contributed by atoms with Gasteiger partial charge in [-0.25, -0.2) is 0 Å². The van der Waals surface area contributed by atoms with Gasteiger partial charge in [-0.2, -0.15) is 0 Å². The van der Waals surface area contributed by atoms with Crippen molar-refractivity contribution in [2.75, 3.05) is 11.4 Å². The van der Waals surface area contributed by atoms with Crippen LogP contribution < -0.4 is 10.6 Å². The molecule has 100 valence electrons. The Morgan fingerprint density at radius 3 is 2.72 bits per heavy atom. The van der Waals surface area contributed by atoms with Gasteiger partial charge in [0.25, 0.3) is 0 Å². The van der Waals surface area contributed by atoms with Gasteiger partial charge in [-0.1, -0.05) is 29.8 Å². The number of halogens is 1. The topological polar surface area (TPSA) is 29.3 Å². The maximum Gasteiger partial charge on any atom is 0.0415 e. The van der Waals surface area contributed by atoms with Crippen LogP contribution in [0.15, 0.2) is 22.7 Å². The van der Waals surface area contributed by atoms with Crippen LogP contribution in [-0.2, 0) is 6.54 Å². The Kier molecular flexibility index (Phi) is 4.33. The second-order valence-corrected chi connectivity index (χ2v) is 6.60. The lowest BCUT2D eigenvalue weighted by molar-refractivity contribution is 0.296. The summed E-state index contributed by atoms with van der Waals surface area (Å²) >= 11 is 3.53. The van der Waals surface area contributed by atoms with Crippen LogP contribution >= 0.6 is 15.9 Å². The van der Waals surface area contributed by atoms with Gasteiger partial charge in [0, 0.05) is 29.3 Å². The number of anilines is 1. The normalized spacial score (nSPS) is 28.5. The number of benzene rings is 1. The largest absolute Gasteiger partial charge is 0.368 e. The van der Waals surface area contributed by atoms with E-state index < -0.39 is 0 Å². The number of hydrogen-bond donors (Lipinski definition) is 1. The molecule has 0 spiro atoms. The molecular formula is C15H23BrN2. The first-order valence-corrected chi connectivity index (χ1v) is 7.57. The van der Waals surface area contributed by atoms with E-state index in [9.17, 15) is 0 Å². The lowest BCUT2D eigenvalue weighted by Crippen LogP contribution is -2.46. The van der Waals surface area contributed by atoms with Crippen molar-refractivity contribution < 1.29 is 0 Å². The summed E-state index contributed by atoms with van der Waals surface area (Å²) in [5.74, 6) is 1.49. The molecule has 0 aromatic heterocycles. The summed E-state index contributed by atoms with van der Waals surface area (Å²) in [6, 6.07) is 7.05. The Bertz CT molecular complexity index is 419. The van der Waals surface area contributed by atoms with Crippen molar-refractivity contribution in [3.05, 3.63) is 28.2 Å². The van der Waals surface area contributed by atoms with Gasteiger partial charge in [-0.3, -0.25) is 0 Å². The summed E-state index contributed by atoms with van der Waals surface area (Å²) in [4.78, 5) is 2.54. The van der Waals surface area contributed by atoms with Gasteiger partial charge in [0.1, 0.15) is 0 Å². The fourth-order valence-corrected chi connectivity index (χ4v) is 3.44.